The van der Waals surface area contributed by atoms with Gasteiger partial charge in [-0.15, -0.1) is 0 Å². The third kappa shape index (κ3) is 3.13. The first kappa shape index (κ1) is 11.2. The van der Waals surface area contributed by atoms with Crippen LogP contribution in [0.5, 0.6) is 0 Å². The van der Waals surface area contributed by atoms with E-state index in [1.165, 1.54) is 11.1 Å². The largest absolute Gasteiger partial charge is 0.383 e. The monoisotopic (exact) mass is 226 g/mol. The summed E-state index contributed by atoms with van der Waals surface area (Å²) in [4.78, 5) is 4.08. The Kier molecular flexibility index (Phi) is 4.12. The van der Waals surface area contributed by atoms with Crippen molar-refractivity contribution in [3.8, 4) is 0 Å². The molecule has 0 saturated carbocycles. The maximum atomic E-state index is 5.76. The molecule has 0 heterocycles. The molecular weight excluding hydrogens is 215 g/mol. The molecule has 0 aromatic heterocycles. The molecule has 0 fully saturated rings. The highest BCUT2D eigenvalue weighted by molar-refractivity contribution is 7.22. The van der Waals surface area contributed by atoms with Crippen molar-refractivity contribution in [2.45, 2.75) is 6.92 Å². The number of hydrogen-bond donors (Lipinski definition) is 1. The van der Waals surface area contributed by atoms with Crippen LogP contribution in [0.4, 0.5) is 0 Å². The molecule has 0 bridgehead atoms. The predicted octanol–water partition coefficient (Wildman–Crippen LogP) is 2.61. The van der Waals surface area contributed by atoms with E-state index in [1.54, 1.807) is 0 Å². The second kappa shape index (κ2) is 5.14. The lowest BCUT2D eigenvalue weighted by Gasteiger charge is -2.00. The third-order valence-electron chi connectivity index (χ3n) is 1.71. The zero-order chi connectivity index (χ0) is 10.6. The van der Waals surface area contributed by atoms with E-state index in [2.05, 4.69) is 14.2 Å². The number of halogens is 1. The maximum absolute atomic E-state index is 5.76. The van der Waals surface area contributed by atoms with Crippen LogP contribution < -0.4 is 5.73 Å². The molecule has 0 saturated heterocycles. The molecule has 2 nitrogen and oxygen atoms in total. The van der Waals surface area contributed by atoms with E-state index in [0.717, 1.165) is 5.56 Å². The van der Waals surface area contributed by atoms with Crippen LogP contribution in [-0.4, -0.2) is 5.84 Å². The number of aryl methyl sites for hydroxylation is 1. The normalized spacial score (nSPS) is 13.1. The van der Waals surface area contributed by atoms with Gasteiger partial charge in [-0.25, -0.2) is 4.99 Å². The van der Waals surface area contributed by atoms with E-state index in [9.17, 15) is 0 Å². The van der Waals surface area contributed by atoms with Gasteiger partial charge in [0.15, 0.2) is 0 Å². The number of aliphatic imine (C=N–C) groups is 1. The molecule has 0 radical (unpaired) electrons. The van der Waals surface area contributed by atoms with Crippen LogP contribution in [-0.2, 0) is 0 Å². The first-order valence-corrected chi connectivity index (χ1v) is 5.12. The zero-order valence-electron chi connectivity index (χ0n) is 7.87. The Hall–Kier alpha value is -0.850. The van der Waals surface area contributed by atoms with Crippen molar-refractivity contribution in [3.05, 3.63) is 46.4 Å². The van der Waals surface area contributed by atoms with Crippen LogP contribution >= 0.6 is 20.8 Å². The van der Waals surface area contributed by atoms with Gasteiger partial charge < -0.3 is 5.73 Å². The summed E-state index contributed by atoms with van der Waals surface area (Å²) in [7, 11) is 2.40. The summed E-state index contributed by atoms with van der Waals surface area (Å²) < 4.78 is 0. The molecule has 1 rings (SSSR count). The smallest absolute Gasteiger partial charge is 0.131 e. The fourth-order valence-electron chi connectivity index (χ4n) is 0.952. The molecule has 1 aromatic carbocycles. The highest BCUT2D eigenvalue weighted by Crippen LogP contribution is 2.10. The number of amidine groups is 1. The Morgan fingerprint density at radius 3 is 2.50 bits per heavy atom. The molecule has 1 atom stereocenters. The van der Waals surface area contributed by atoms with Crippen molar-refractivity contribution in [3.63, 3.8) is 0 Å². The summed E-state index contributed by atoms with van der Waals surface area (Å²) in [5.74, 6) is 0.465. The van der Waals surface area contributed by atoms with Gasteiger partial charge in [0.2, 0.25) is 0 Å². The Bertz CT molecular complexity index is 368. The molecule has 0 aliphatic heterocycles. The molecular formula is C10H12ClN2P. The maximum Gasteiger partial charge on any atom is 0.131 e. The summed E-state index contributed by atoms with van der Waals surface area (Å²) in [6.45, 7) is 2.02. The van der Waals surface area contributed by atoms with Gasteiger partial charge in [-0.05, 0) is 6.92 Å². The molecule has 2 N–H and O–H groups in total. The van der Waals surface area contributed by atoms with Gasteiger partial charge in [-0.2, -0.15) is 0 Å². The highest BCUT2D eigenvalue weighted by atomic mass is 35.5. The zero-order valence-corrected chi connectivity index (χ0v) is 9.78. The minimum atomic E-state index is 0.465. The summed E-state index contributed by atoms with van der Waals surface area (Å²) in [5.41, 5.74) is 9.83. The first-order chi connectivity index (χ1) is 6.63. The van der Waals surface area contributed by atoms with Crippen LogP contribution in [0.3, 0.4) is 0 Å². The van der Waals surface area contributed by atoms with E-state index in [1.807, 2.05) is 31.2 Å². The minimum Gasteiger partial charge on any atom is -0.383 e. The fourth-order valence-corrected chi connectivity index (χ4v) is 1.14. The van der Waals surface area contributed by atoms with Gasteiger partial charge in [0, 0.05) is 11.1 Å². The van der Waals surface area contributed by atoms with Gasteiger partial charge in [0.05, 0.1) is 5.44 Å². The Morgan fingerprint density at radius 1 is 1.43 bits per heavy atom. The molecule has 0 aliphatic rings. The fraction of sp³-hybridized carbons (Fsp3) is 0.100. The van der Waals surface area contributed by atoms with Crippen molar-refractivity contribution >= 4 is 26.7 Å². The lowest BCUT2D eigenvalue weighted by Crippen LogP contribution is -2.12. The van der Waals surface area contributed by atoms with Crippen LogP contribution in [0.15, 0.2) is 40.2 Å². The van der Waals surface area contributed by atoms with Gasteiger partial charge in [-0.3, -0.25) is 0 Å². The van der Waals surface area contributed by atoms with Crippen LogP contribution in [0.2, 0.25) is 0 Å². The van der Waals surface area contributed by atoms with E-state index < -0.39 is 0 Å². The average molecular weight is 227 g/mol. The Balaban J connectivity index is 2.95. The van der Waals surface area contributed by atoms with Gasteiger partial charge in [0.25, 0.3) is 0 Å². The lowest BCUT2D eigenvalue weighted by molar-refractivity contribution is 1.42. The average Bonchev–Trinajstić information content (AvgIpc) is 2.18. The summed E-state index contributed by atoms with van der Waals surface area (Å²) in [5, 5.41) is 0. The second-order valence-corrected chi connectivity index (χ2v) is 3.71. The quantitative estimate of drug-likeness (QED) is 0.470. The van der Waals surface area contributed by atoms with Gasteiger partial charge >= 0.3 is 0 Å². The van der Waals surface area contributed by atoms with Crippen molar-refractivity contribution in [2.75, 3.05) is 0 Å². The van der Waals surface area contributed by atoms with Crippen molar-refractivity contribution in [2.24, 2.45) is 10.7 Å². The first-order valence-electron chi connectivity index (χ1n) is 4.10. The van der Waals surface area contributed by atoms with E-state index in [0.29, 0.717) is 11.3 Å². The summed E-state index contributed by atoms with van der Waals surface area (Å²) in [6, 6.07) is 7.84. The molecule has 0 aliphatic carbocycles. The second-order valence-electron chi connectivity index (χ2n) is 2.90. The molecule has 1 unspecified atom stereocenters. The van der Waals surface area contributed by atoms with E-state index >= 15 is 0 Å². The van der Waals surface area contributed by atoms with E-state index in [4.69, 9.17) is 17.3 Å². The number of benzene rings is 1. The number of rotatable bonds is 2. The third-order valence-corrected chi connectivity index (χ3v) is 2.44. The van der Waals surface area contributed by atoms with Crippen LogP contribution in [0.25, 0.3) is 0 Å². The van der Waals surface area contributed by atoms with E-state index in [-0.39, 0.29) is 0 Å². The summed E-state index contributed by atoms with van der Waals surface area (Å²) >= 11 is 5.46. The minimum absolute atomic E-state index is 0.465. The topological polar surface area (TPSA) is 38.4 Å². The SMILES string of the molecule is Cc1ccc(C(N)=N/C(P)=C\Cl)cc1. The molecule has 4 heteroatoms. The predicted molar refractivity (Wildman–Crippen MR) is 65.5 cm³/mol. The molecule has 0 amide bonds. The number of nitrogens with zero attached hydrogens (tertiary/aromatic N) is 1. The van der Waals surface area contributed by atoms with Gasteiger partial charge in [-0.1, -0.05) is 50.7 Å². The lowest BCUT2D eigenvalue weighted by atomic mass is 10.1. The number of hydrogen-bond acceptors (Lipinski definition) is 1. The standard InChI is InChI=1S/C10H12ClN2P/c1-7-2-4-8(5-3-7)10(12)13-9(14)6-11/h2-6H,14H2,1H3,(H2,12,13)/b9-6+. The molecule has 0 spiro atoms. The Labute approximate surface area is 91.1 Å². The summed E-state index contributed by atoms with van der Waals surface area (Å²) in [6.07, 6.45) is 0. The Morgan fingerprint density at radius 2 is 2.00 bits per heavy atom. The molecule has 1 aromatic rings. The van der Waals surface area contributed by atoms with Crippen molar-refractivity contribution in [1.82, 2.24) is 0 Å². The van der Waals surface area contributed by atoms with Gasteiger partial charge in [0.1, 0.15) is 5.84 Å². The van der Waals surface area contributed by atoms with Crippen LogP contribution in [0, 0.1) is 6.92 Å². The van der Waals surface area contributed by atoms with Crippen molar-refractivity contribution < 1.29 is 0 Å². The number of nitrogens with two attached hydrogens (primary N) is 1. The highest BCUT2D eigenvalue weighted by Gasteiger charge is 1.97. The molecule has 14 heavy (non-hydrogen) atoms. The molecule has 74 valence electrons. The van der Waals surface area contributed by atoms with Crippen LogP contribution in [0.1, 0.15) is 11.1 Å². The van der Waals surface area contributed by atoms with Crippen molar-refractivity contribution in [1.29, 1.82) is 0 Å².